The van der Waals surface area contributed by atoms with Crippen LogP contribution in [0.4, 0.5) is 0 Å². The molecule has 172 valence electrons. The van der Waals surface area contributed by atoms with Gasteiger partial charge in [0.05, 0.1) is 39.2 Å². The maximum Gasteiger partial charge on any atom is 0.290 e. The summed E-state index contributed by atoms with van der Waals surface area (Å²) >= 11 is 0. The molecule has 0 bridgehead atoms. The predicted octanol–water partition coefficient (Wildman–Crippen LogP) is 2.84. The number of carbonyl (C=O) groups excluding carboxylic acids is 2. The van der Waals surface area contributed by atoms with E-state index in [1.807, 2.05) is 19.0 Å². The van der Waals surface area contributed by atoms with Crippen molar-refractivity contribution in [2.24, 2.45) is 0 Å². The molecule has 32 heavy (non-hydrogen) atoms. The standard InChI is InChI=1S/C23H28N2O7/c1-24(2)9-7-10-25-19(14-12-16(29-3)22(31-5)17(13-14)30-4)18(21(27)23(25)28)20(26)15-8-6-11-32-15/h6,8,11-13,19,27H,7,9-10H2,1-5H3. The van der Waals surface area contributed by atoms with Crippen LogP contribution in [0.1, 0.15) is 28.6 Å². The summed E-state index contributed by atoms with van der Waals surface area (Å²) in [4.78, 5) is 29.7. The summed E-state index contributed by atoms with van der Waals surface area (Å²) in [5, 5.41) is 10.7. The van der Waals surface area contributed by atoms with Crippen molar-refractivity contribution in [1.29, 1.82) is 0 Å². The molecule has 1 aliphatic rings. The maximum absolute atomic E-state index is 13.2. The number of benzene rings is 1. The van der Waals surface area contributed by atoms with Gasteiger partial charge < -0.3 is 33.5 Å². The van der Waals surface area contributed by atoms with Gasteiger partial charge in [-0.05, 0) is 56.9 Å². The van der Waals surface area contributed by atoms with E-state index in [1.165, 1.54) is 38.6 Å². The van der Waals surface area contributed by atoms with Gasteiger partial charge in [0.25, 0.3) is 5.91 Å². The molecule has 1 atom stereocenters. The lowest BCUT2D eigenvalue weighted by Gasteiger charge is -2.28. The van der Waals surface area contributed by atoms with Crippen molar-refractivity contribution in [1.82, 2.24) is 9.80 Å². The number of hydrogen-bond donors (Lipinski definition) is 1. The Kier molecular flexibility index (Phi) is 7.09. The third-order valence-electron chi connectivity index (χ3n) is 5.30. The molecule has 3 rings (SSSR count). The minimum absolute atomic E-state index is 0.0342. The van der Waals surface area contributed by atoms with Crippen LogP contribution in [0.15, 0.2) is 46.3 Å². The molecule has 0 spiro atoms. The number of carbonyl (C=O) groups is 2. The molecule has 0 radical (unpaired) electrons. The minimum atomic E-state index is -0.851. The Morgan fingerprint density at radius 2 is 1.81 bits per heavy atom. The third-order valence-corrected chi connectivity index (χ3v) is 5.30. The number of aliphatic hydroxyl groups is 1. The van der Waals surface area contributed by atoms with Crippen LogP contribution in [0.3, 0.4) is 0 Å². The first kappa shape index (κ1) is 23.2. The zero-order chi connectivity index (χ0) is 23.4. The van der Waals surface area contributed by atoms with Crippen LogP contribution < -0.4 is 14.2 Å². The molecule has 9 heteroatoms. The third kappa shape index (κ3) is 4.29. The van der Waals surface area contributed by atoms with Crippen LogP contribution in [0.25, 0.3) is 0 Å². The van der Waals surface area contributed by atoms with Gasteiger partial charge in [0.2, 0.25) is 11.5 Å². The van der Waals surface area contributed by atoms with Gasteiger partial charge in [-0.3, -0.25) is 9.59 Å². The van der Waals surface area contributed by atoms with Gasteiger partial charge in [-0.2, -0.15) is 0 Å². The number of nitrogens with zero attached hydrogens (tertiary/aromatic N) is 2. The van der Waals surface area contributed by atoms with Crippen LogP contribution in [0, 0.1) is 0 Å². The molecule has 9 nitrogen and oxygen atoms in total. The fourth-order valence-corrected chi connectivity index (χ4v) is 3.82. The van der Waals surface area contributed by atoms with Crippen LogP contribution in [-0.2, 0) is 4.79 Å². The second-order valence-electron chi connectivity index (χ2n) is 7.59. The van der Waals surface area contributed by atoms with E-state index >= 15 is 0 Å². The highest BCUT2D eigenvalue weighted by molar-refractivity contribution is 6.15. The van der Waals surface area contributed by atoms with Gasteiger partial charge in [0, 0.05) is 6.54 Å². The fraction of sp³-hybridized carbons (Fsp3) is 0.391. The number of furan rings is 1. The molecule has 1 aromatic carbocycles. The number of Topliss-reactive ketones (excluding diaryl/α,β-unsaturated/α-hetero) is 1. The lowest BCUT2D eigenvalue weighted by molar-refractivity contribution is -0.129. The maximum atomic E-state index is 13.2. The van der Waals surface area contributed by atoms with E-state index in [0.29, 0.717) is 35.8 Å². The molecule has 1 N–H and O–H groups in total. The summed E-state index contributed by atoms with van der Waals surface area (Å²) in [6.07, 6.45) is 2.01. The van der Waals surface area contributed by atoms with Crippen molar-refractivity contribution in [3.8, 4) is 17.2 Å². The van der Waals surface area contributed by atoms with Crippen LogP contribution in [0.5, 0.6) is 17.2 Å². The van der Waals surface area contributed by atoms with Crippen LogP contribution in [0.2, 0.25) is 0 Å². The fourth-order valence-electron chi connectivity index (χ4n) is 3.82. The van der Waals surface area contributed by atoms with Crippen molar-refractivity contribution >= 4 is 11.7 Å². The Morgan fingerprint density at radius 3 is 2.31 bits per heavy atom. The van der Waals surface area contributed by atoms with Gasteiger partial charge in [-0.15, -0.1) is 0 Å². The highest BCUT2D eigenvalue weighted by Gasteiger charge is 2.44. The van der Waals surface area contributed by atoms with Crippen molar-refractivity contribution in [2.75, 3.05) is 48.5 Å². The SMILES string of the molecule is COc1cc(C2C(C(=O)c3ccco3)=C(O)C(=O)N2CCCN(C)C)cc(OC)c1OC. The molecule has 1 aliphatic heterocycles. The Hall–Kier alpha value is -3.46. The molecule has 1 aromatic heterocycles. The summed E-state index contributed by atoms with van der Waals surface area (Å²) in [6.45, 7) is 1.06. The molecule has 0 saturated heterocycles. The van der Waals surface area contributed by atoms with Gasteiger partial charge in [0.15, 0.2) is 23.0 Å². The number of hydrogen-bond acceptors (Lipinski definition) is 8. The summed E-state index contributed by atoms with van der Waals surface area (Å²) in [5.41, 5.74) is 0.487. The lowest BCUT2D eigenvalue weighted by Crippen LogP contribution is -2.33. The van der Waals surface area contributed by atoms with Crippen LogP contribution >= 0.6 is 0 Å². The summed E-state index contributed by atoms with van der Waals surface area (Å²) in [7, 11) is 8.33. The highest BCUT2D eigenvalue weighted by atomic mass is 16.5. The van der Waals surface area contributed by atoms with E-state index < -0.39 is 23.5 Å². The Balaban J connectivity index is 2.13. The first-order chi connectivity index (χ1) is 15.3. The highest BCUT2D eigenvalue weighted by Crippen LogP contribution is 2.45. The predicted molar refractivity (Wildman–Crippen MR) is 116 cm³/mol. The Morgan fingerprint density at radius 1 is 1.16 bits per heavy atom. The number of methoxy groups -OCH3 is 3. The molecular formula is C23H28N2O7. The van der Waals surface area contributed by atoms with Crippen molar-refractivity contribution in [3.05, 3.63) is 53.2 Å². The van der Waals surface area contributed by atoms with Crippen molar-refractivity contribution < 1.29 is 33.3 Å². The van der Waals surface area contributed by atoms with E-state index in [1.54, 1.807) is 18.2 Å². The minimum Gasteiger partial charge on any atom is -0.503 e. The molecule has 0 saturated carbocycles. The van der Waals surface area contributed by atoms with Gasteiger partial charge in [0.1, 0.15) is 0 Å². The van der Waals surface area contributed by atoms with E-state index in [-0.39, 0.29) is 11.3 Å². The smallest absolute Gasteiger partial charge is 0.290 e. The first-order valence-electron chi connectivity index (χ1n) is 10.1. The number of amides is 1. The van der Waals surface area contributed by atoms with Gasteiger partial charge in [-0.25, -0.2) is 0 Å². The molecule has 1 unspecified atom stereocenters. The van der Waals surface area contributed by atoms with Gasteiger partial charge in [-0.1, -0.05) is 0 Å². The number of rotatable bonds is 10. The topological polar surface area (TPSA) is 102 Å². The molecule has 0 fully saturated rings. The normalized spacial score (nSPS) is 16.1. The first-order valence-corrected chi connectivity index (χ1v) is 10.1. The Bertz CT molecular complexity index is 986. The average molecular weight is 444 g/mol. The largest absolute Gasteiger partial charge is 0.503 e. The quantitative estimate of drug-likeness (QED) is 0.558. The number of ketones is 1. The second kappa shape index (κ2) is 9.78. The van der Waals surface area contributed by atoms with E-state index in [0.717, 1.165) is 6.54 Å². The monoisotopic (exact) mass is 444 g/mol. The molecule has 2 heterocycles. The molecule has 1 amide bonds. The Labute approximate surface area is 186 Å². The van der Waals surface area contributed by atoms with E-state index in [9.17, 15) is 14.7 Å². The van der Waals surface area contributed by atoms with E-state index in [4.69, 9.17) is 18.6 Å². The molecule has 0 aliphatic carbocycles. The van der Waals surface area contributed by atoms with Crippen molar-refractivity contribution in [3.63, 3.8) is 0 Å². The van der Waals surface area contributed by atoms with Crippen molar-refractivity contribution in [2.45, 2.75) is 12.5 Å². The van der Waals surface area contributed by atoms with Crippen LogP contribution in [-0.4, -0.2) is 75.1 Å². The summed E-state index contributed by atoms with van der Waals surface area (Å²) in [6, 6.07) is 5.56. The van der Waals surface area contributed by atoms with E-state index in [2.05, 4.69) is 0 Å². The zero-order valence-corrected chi connectivity index (χ0v) is 18.9. The number of aliphatic hydroxyl groups excluding tert-OH is 1. The summed E-state index contributed by atoms with van der Waals surface area (Å²) in [5.74, 6) is -0.596. The molecule has 2 aromatic rings. The number of ether oxygens (including phenoxy) is 3. The zero-order valence-electron chi connectivity index (χ0n) is 18.9. The lowest BCUT2D eigenvalue weighted by atomic mass is 9.94. The second-order valence-corrected chi connectivity index (χ2v) is 7.59. The molecular weight excluding hydrogens is 416 g/mol. The summed E-state index contributed by atoms with van der Waals surface area (Å²) < 4.78 is 21.5. The average Bonchev–Trinajstić information content (AvgIpc) is 3.40. The van der Waals surface area contributed by atoms with Gasteiger partial charge >= 0.3 is 0 Å².